The molecule has 0 saturated heterocycles. The van der Waals surface area contributed by atoms with Gasteiger partial charge in [-0.15, -0.1) is 0 Å². The van der Waals surface area contributed by atoms with Crippen molar-refractivity contribution >= 4 is 21.9 Å². The molecule has 0 aliphatic heterocycles. The number of aromatic nitrogens is 2. The molecule has 2 aromatic rings. The van der Waals surface area contributed by atoms with Crippen LogP contribution in [0.25, 0.3) is 0 Å². The predicted molar refractivity (Wildman–Crippen MR) is 75.5 cm³/mol. The average Bonchev–Trinajstić information content (AvgIpc) is 3.20. The summed E-state index contributed by atoms with van der Waals surface area (Å²) in [6.45, 7) is 0.662. The maximum atomic E-state index is 13.8. The molecule has 1 aromatic carbocycles. The zero-order valence-corrected chi connectivity index (χ0v) is 11.8. The zero-order valence-electron chi connectivity index (χ0n) is 10.2. The number of hydrogen-bond acceptors (Lipinski definition) is 3. The molecule has 19 heavy (non-hydrogen) atoms. The minimum Gasteiger partial charge on any atom is -0.353 e. The molecule has 5 heteroatoms. The summed E-state index contributed by atoms with van der Waals surface area (Å²) in [6, 6.07) is 6.99. The maximum Gasteiger partial charge on any atom is 0.222 e. The number of anilines is 1. The Bertz CT molecular complexity index is 581. The molecule has 0 atom stereocenters. The molecule has 0 spiro atoms. The third-order valence-electron chi connectivity index (χ3n) is 3.50. The van der Waals surface area contributed by atoms with Crippen LogP contribution in [0.5, 0.6) is 0 Å². The average molecular weight is 322 g/mol. The van der Waals surface area contributed by atoms with Crippen molar-refractivity contribution in [3.05, 3.63) is 52.5 Å². The second-order valence-electron chi connectivity index (χ2n) is 4.84. The monoisotopic (exact) mass is 321 g/mol. The summed E-state index contributed by atoms with van der Waals surface area (Å²) in [6.07, 6.45) is 5.38. The van der Waals surface area contributed by atoms with Crippen LogP contribution >= 0.6 is 15.9 Å². The minimum atomic E-state index is -0.126. The van der Waals surface area contributed by atoms with Crippen molar-refractivity contribution in [3.8, 4) is 0 Å². The fourth-order valence-corrected chi connectivity index (χ4v) is 2.44. The van der Waals surface area contributed by atoms with Gasteiger partial charge in [0, 0.05) is 24.4 Å². The van der Waals surface area contributed by atoms with E-state index in [0.717, 1.165) is 22.9 Å². The van der Waals surface area contributed by atoms with Gasteiger partial charge in [-0.05, 0) is 40.4 Å². The van der Waals surface area contributed by atoms with Gasteiger partial charge >= 0.3 is 0 Å². The number of nitrogens with zero attached hydrogens (tertiary/aromatic N) is 2. The summed E-state index contributed by atoms with van der Waals surface area (Å²) >= 11 is 3.29. The lowest BCUT2D eigenvalue weighted by Crippen LogP contribution is -2.21. The van der Waals surface area contributed by atoms with Crippen LogP contribution in [0.3, 0.4) is 0 Å². The predicted octanol–water partition coefficient (Wildman–Crippen LogP) is 3.52. The van der Waals surface area contributed by atoms with Crippen LogP contribution in [0.1, 0.15) is 18.4 Å². The van der Waals surface area contributed by atoms with Crippen molar-refractivity contribution in [2.75, 3.05) is 11.9 Å². The number of hydrogen-bond donors (Lipinski definition) is 1. The van der Waals surface area contributed by atoms with E-state index in [0.29, 0.717) is 12.5 Å². The van der Waals surface area contributed by atoms with E-state index in [-0.39, 0.29) is 11.2 Å². The highest BCUT2D eigenvalue weighted by atomic mass is 79.9. The Morgan fingerprint density at radius 1 is 1.21 bits per heavy atom. The van der Waals surface area contributed by atoms with Crippen LogP contribution < -0.4 is 5.32 Å². The van der Waals surface area contributed by atoms with E-state index in [2.05, 4.69) is 31.2 Å². The van der Waals surface area contributed by atoms with E-state index in [1.54, 1.807) is 18.5 Å². The van der Waals surface area contributed by atoms with Gasteiger partial charge in [-0.2, -0.15) is 0 Å². The number of nitrogens with one attached hydrogen (secondary N) is 1. The second kappa shape index (κ2) is 4.89. The van der Waals surface area contributed by atoms with Crippen LogP contribution in [0.4, 0.5) is 10.3 Å². The van der Waals surface area contributed by atoms with E-state index in [1.807, 2.05) is 12.1 Å². The highest BCUT2D eigenvalue weighted by molar-refractivity contribution is 9.10. The molecule has 3 nitrogen and oxygen atoms in total. The summed E-state index contributed by atoms with van der Waals surface area (Å²) in [5, 5.41) is 3.19. The Kier molecular flexibility index (Phi) is 3.22. The second-order valence-corrected chi connectivity index (χ2v) is 5.75. The van der Waals surface area contributed by atoms with Crippen LogP contribution in [0, 0.1) is 5.82 Å². The third kappa shape index (κ3) is 2.61. The molecule has 0 radical (unpaired) electrons. The Morgan fingerprint density at radius 3 is 2.53 bits per heavy atom. The van der Waals surface area contributed by atoms with Gasteiger partial charge in [-0.3, -0.25) is 0 Å². The topological polar surface area (TPSA) is 37.8 Å². The number of rotatable bonds is 4. The molecular weight excluding hydrogens is 309 g/mol. The summed E-state index contributed by atoms with van der Waals surface area (Å²) in [7, 11) is 0. The normalized spacial score (nSPS) is 16.1. The first kappa shape index (κ1) is 12.5. The summed E-state index contributed by atoms with van der Waals surface area (Å²) in [5.74, 6) is 0.448. The quantitative estimate of drug-likeness (QED) is 0.936. The molecular formula is C14H13BrFN3. The Hall–Kier alpha value is -1.49. The van der Waals surface area contributed by atoms with Crippen LogP contribution in [0.15, 0.2) is 41.1 Å². The van der Waals surface area contributed by atoms with Gasteiger partial charge in [-0.25, -0.2) is 14.4 Å². The summed E-state index contributed by atoms with van der Waals surface area (Å²) < 4.78 is 14.7. The van der Waals surface area contributed by atoms with Crippen molar-refractivity contribution in [1.29, 1.82) is 0 Å². The molecule has 0 bridgehead atoms. The fraction of sp³-hybridized carbons (Fsp3) is 0.286. The standard InChI is InChI=1S/C14H13BrFN3/c15-10-7-17-13(18-8-10)19-9-14(5-6-14)11-3-1-2-4-12(11)16/h1-4,7-8H,5-6,9H2,(H,17,18,19). The molecule has 1 aromatic heterocycles. The van der Waals surface area contributed by atoms with Crippen LogP contribution in [-0.2, 0) is 5.41 Å². The molecule has 1 fully saturated rings. The number of halogens is 2. The lowest BCUT2D eigenvalue weighted by Gasteiger charge is -2.17. The smallest absolute Gasteiger partial charge is 0.222 e. The van der Waals surface area contributed by atoms with Gasteiger partial charge < -0.3 is 5.32 Å². The largest absolute Gasteiger partial charge is 0.353 e. The third-order valence-corrected chi connectivity index (χ3v) is 3.91. The first-order valence-electron chi connectivity index (χ1n) is 6.16. The highest BCUT2D eigenvalue weighted by Crippen LogP contribution is 2.48. The first-order chi connectivity index (χ1) is 9.20. The van der Waals surface area contributed by atoms with E-state index in [4.69, 9.17) is 0 Å². The Labute approximate surface area is 119 Å². The molecule has 0 unspecified atom stereocenters. The fourth-order valence-electron chi connectivity index (χ4n) is 2.24. The number of benzene rings is 1. The summed E-state index contributed by atoms with van der Waals surface area (Å²) in [5.41, 5.74) is 0.696. The lowest BCUT2D eigenvalue weighted by molar-refractivity contribution is 0.578. The lowest BCUT2D eigenvalue weighted by atomic mass is 9.95. The van der Waals surface area contributed by atoms with E-state index < -0.39 is 0 Å². The molecule has 0 amide bonds. The van der Waals surface area contributed by atoms with E-state index >= 15 is 0 Å². The van der Waals surface area contributed by atoms with Gasteiger partial charge in [0.25, 0.3) is 0 Å². The van der Waals surface area contributed by atoms with Crippen molar-refractivity contribution in [3.63, 3.8) is 0 Å². The van der Waals surface area contributed by atoms with Crippen molar-refractivity contribution in [1.82, 2.24) is 9.97 Å². The summed E-state index contributed by atoms with van der Waals surface area (Å²) in [4.78, 5) is 8.32. The van der Waals surface area contributed by atoms with Crippen LogP contribution in [0.2, 0.25) is 0 Å². The minimum absolute atomic E-state index is 0.0955. The zero-order chi connectivity index (χ0) is 13.3. The van der Waals surface area contributed by atoms with Crippen LogP contribution in [-0.4, -0.2) is 16.5 Å². The maximum absolute atomic E-state index is 13.8. The molecule has 98 valence electrons. The molecule has 3 rings (SSSR count). The first-order valence-corrected chi connectivity index (χ1v) is 6.95. The van der Waals surface area contributed by atoms with Crippen molar-refractivity contribution in [2.45, 2.75) is 18.3 Å². The Morgan fingerprint density at radius 2 is 1.89 bits per heavy atom. The van der Waals surface area contributed by atoms with E-state index in [9.17, 15) is 4.39 Å². The molecule has 1 aliphatic carbocycles. The van der Waals surface area contributed by atoms with Crippen molar-refractivity contribution < 1.29 is 4.39 Å². The van der Waals surface area contributed by atoms with Gasteiger partial charge in [0.05, 0.1) is 4.47 Å². The van der Waals surface area contributed by atoms with Gasteiger partial charge in [-0.1, -0.05) is 18.2 Å². The van der Waals surface area contributed by atoms with Gasteiger partial charge in [0.2, 0.25) is 5.95 Å². The Balaban J connectivity index is 1.73. The van der Waals surface area contributed by atoms with E-state index in [1.165, 1.54) is 6.07 Å². The van der Waals surface area contributed by atoms with Gasteiger partial charge in [0.1, 0.15) is 5.82 Å². The van der Waals surface area contributed by atoms with Crippen molar-refractivity contribution in [2.24, 2.45) is 0 Å². The molecule has 1 heterocycles. The molecule has 1 saturated carbocycles. The highest BCUT2D eigenvalue weighted by Gasteiger charge is 2.45. The van der Waals surface area contributed by atoms with Gasteiger partial charge in [0.15, 0.2) is 0 Å². The molecule has 1 aliphatic rings. The SMILES string of the molecule is Fc1ccccc1C1(CNc2ncc(Br)cn2)CC1. The molecule has 1 N–H and O–H groups in total.